The molecule has 0 fully saturated rings. The Morgan fingerprint density at radius 2 is 2.25 bits per heavy atom. The minimum absolute atomic E-state index is 0. The lowest BCUT2D eigenvalue weighted by atomic mass is 10.3. The van der Waals surface area contributed by atoms with E-state index in [1.165, 1.54) is 11.3 Å². The van der Waals surface area contributed by atoms with Crippen LogP contribution in [0.2, 0.25) is 4.47 Å². The second-order valence-corrected chi connectivity index (χ2v) is 3.24. The second-order valence-electron chi connectivity index (χ2n) is 1.80. The van der Waals surface area contributed by atoms with E-state index in [1.807, 2.05) is 5.38 Å². The average molecular weight is 251 g/mol. The molecule has 1 aromatic rings. The van der Waals surface area contributed by atoms with Crippen LogP contribution in [-0.4, -0.2) is 11.5 Å². The Bertz CT molecular complexity index is 206. The van der Waals surface area contributed by atoms with Crippen LogP contribution in [0.1, 0.15) is 5.69 Å². The predicted molar refractivity (Wildman–Crippen MR) is 57.5 cm³/mol. The molecule has 7 heteroatoms. The van der Waals surface area contributed by atoms with E-state index in [1.54, 1.807) is 0 Å². The zero-order valence-corrected chi connectivity index (χ0v) is 9.32. The van der Waals surface area contributed by atoms with Gasteiger partial charge >= 0.3 is 0 Å². The molecule has 0 atom stereocenters. The van der Waals surface area contributed by atoms with Crippen molar-refractivity contribution in [3.05, 3.63) is 15.5 Å². The summed E-state index contributed by atoms with van der Waals surface area (Å²) in [5.74, 6) is 5.08. The molecular formula is C5H10Cl3N3S. The molecule has 0 saturated carbocycles. The topological polar surface area (TPSA) is 50.9 Å². The molecule has 0 aliphatic heterocycles. The van der Waals surface area contributed by atoms with Gasteiger partial charge in [0.15, 0.2) is 4.47 Å². The Balaban J connectivity index is 0. The van der Waals surface area contributed by atoms with Crippen molar-refractivity contribution < 1.29 is 0 Å². The molecule has 0 unspecified atom stereocenters. The van der Waals surface area contributed by atoms with E-state index >= 15 is 0 Å². The Morgan fingerprint density at radius 1 is 1.58 bits per heavy atom. The number of aromatic nitrogens is 1. The zero-order chi connectivity index (χ0) is 7.40. The molecule has 1 aromatic heterocycles. The van der Waals surface area contributed by atoms with Gasteiger partial charge in [-0.1, -0.05) is 11.6 Å². The molecule has 0 radical (unpaired) electrons. The van der Waals surface area contributed by atoms with Crippen LogP contribution in [0.25, 0.3) is 0 Å². The van der Waals surface area contributed by atoms with Crippen LogP contribution in [0.5, 0.6) is 0 Å². The normalized spacial score (nSPS) is 8.50. The Labute approximate surface area is 92.5 Å². The monoisotopic (exact) mass is 249 g/mol. The van der Waals surface area contributed by atoms with Gasteiger partial charge in [-0.2, -0.15) is 0 Å². The van der Waals surface area contributed by atoms with Crippen LogP contribution < -0.4 is 11.3 Å². The van der Waals surface area contributed by atoms with Crippen LogP contribution in [0.15, 0.2) is 5.38 Å². The van der Waals surface area contributed by atoms with E-state index in [9.17, 15) is 0 Å². The van der Waals surface area contributed by atoms with Crippen molar-refractivity contribution in [2.75, 3.05) is 6.54 Å². The van der Waals surface area contributed by atoms with Crippen LogP contribution in [-0.2, 0) is 6.42 Å². The van der Waals surface area contributed by atoms with Crippen molar-refractivity contribution in [1.29, 1.82) is 0 Å². The molecule has 1 heterocycles. The number of nitrogens with one attached hydrogen (secondary N) is 1. The quantitative estimate of drug-likeness (QED) is 0.633. The summed E-state index contributed by atoms with van der Waals surface area (Å²) in [5, 5.41) is 1.93. The first kappa shape index (κ1) is 14.9. The molecule has 0 amide bonds. The summed E-state index contributed by atoms with van der Waals surface area (Å²) in [7, 11) is 0. The number of thiazole rings is 1. The first-order valence-electron chi connectivity index (χ1n) is 2.86. The van der Waals surface area contributed by atoms with Crippen LogP contribution in [0.3, 0.4) is 0 Å². The highest BCUT2D eigenvalue weighted by Crippen LogP contribution is 2.14. The molecule has 0 aliphatic rings. The third-order valence-electron chi connectivity index (χ3n) is 1.05. The van der Waals surface area contributed by atoms with Gasteiger partial charge in [0, 0.05) is 18.3 Å². The fourth-order valence-electron chi connectivity index (χ4n) is 0.597. The summed E-state index contributed by atoms with van der Waals surface area (Å²) >= 11 is 7.04. The molecule has 72 valence electrons. The van der Waals surface area contributed by atoms with E-state index in [2.05, 4.69) is 10.4 Å². The van der Waals surface area contributed by atoms with Gasteiger partial charge in [-0.25, -0.2) is 4.98 Å². The fraction of sp³-hybridized carbons (Fsp3) is 0.400. The van der Waals surface area contributed by atoms with Gasteiger partial charge in [0.05, 0.1) is 5.69 Å². The maximum Gasteiger partial charge on any atom is 0.183 e. The van der Waals surface area contributed by atoms with Crippen molar-refractivity contribution >= 4 is 47.8 Å². The number of hydrogen-bond acceptors (Lipinski definition) is 4. The predicted octanol–water partition coefficient (Wildman–Crippen LogP) is 1.65. The summed E-state index contributed by atoms with van der Waals surface area (Å²) in [5.41, 5.74) is 3.54. The van der Waals surface area contributed by atoms with Gasteiger partial charge in [-0.05, 0) is 0 Å². The molecule has 12 heavy (non-hydrogen) atoms. The zero-order valence-electron chi connectivity index (χ0n) is 6.12. The fourth-order valence-corrected chi connectivity index (χ4v) is 1.41. The highest BCUT2D eigenvalue weighted by Gasteiger charge is 1.96. The summed E-state index contributed by atoms with van der Waals surface area (Å²) in [4.78, 5) is 4.04. The number of hydrogen-bond donors (Lipinski definition) is 2. The van der Waals surface area contributed by atoms with Gasteiger partial charge in [0.1, 0.15) is 0 Å². The minimum atomic E-state index is 0. The van der Waals surface area contributed by atoms with E-state index in [-0.39, 0.29) is 24.8 Å². The molecular weight excluding hydrogens is 241 g/mol. The number of rotatable bonds is 3. The molecule has 0 saturated heterocycles. The molecule has 0 aliphatic carbocycles. The summed E-state index contributed by atoms with van der Waals surface area (Å²) < 4.78 is 0.590. The Morgan fingerprint density at radius 3 is 2.67 bits per heavy atom. The molecule has 3 N–H and O–H groups in total. The first-order valence-corrected chi connectivity index (χ1v) is 4.12. The summed E-state index contributed by atoms with van der Waals surface area (Å²) in [6.45, 7) is 0.736. The average Bonchev–Trinajstić information content (AvgIpc) is 2.31. The van der Waals surface area contributed by atoms with Crippen molar-refractivity contribution in [2.45, 2.75) is 6.42 Å². The molecule has 0 bridgehead atoms. The summed E-state index contributed by atoms with van der Waals surface area (Å²) in [6.07, 6.45) is 0.833. The van der Waals surface area contributed by atoms with Gasteiger partial charge in [0.25, 0.3) is 0 Å². The van der Waals surface area contributed by atoms with Crippen LogP contribution >= 0.6 is 47.8 Å². The van der Waals surface area contributed by atoms with E-state index < -0.39 is 0 Å². The van der Waals surface area contributed by atoms with E-state index in [0.717, 1.165) is 18.7 Å². The largest absolute Gasteiger partial charge is 0.271 e. The number of nitrogens with zero attached hydrogens (tertiary/aromatic N) is 1. The Kier molecular flexibility index (Phi) is 9.99. The maximum atomic E-state index is 5.60. The van der Waals surface area contributed by atoms with E-state index in [0.29, 0.717) is 4.47 Å². The van der Waals surface area contributed by atoms with Gasteiger partial charge in [-0.15, -0.1) is 36.2 Å². The second kappa shape index (κ2) is 8.04. The number of nitrogens with two attached hydrogens (primary N) is 1. The van der Waals surface area contributed by atoms with E-state index in [4.69, 9.17) is 17.4 Å². The number of halogens is 3. The lowest BCUT2D eigenvalue weighted by Crippen LogP contribution is -2.24. The smallest absolute Gasteiger partial charge is 0.183 e. The number of hydrazine groups is 1. The lowest BCUT2D eigenvalue weighted by molar-refractivity contribution is 0.721. The van der Waals surface area contributed by atoms with Crippen molar-refractivity contribution in [3.63, 3.8) is 0 Å². The molecule has 1 rings (SSSR count). The third-order valence-corrected chi connectivity index (χ3v) is 2.08. The molecule has 0 aromatic carbocycles. The van der Waals surface area contributed by atoms with Crippen LogP contribution in [0.4, 0.5) is 0 Å². The maximum absolute atomic E-state index is 5.60. The van der Waals surface area contributed by atoms with Crippen LogP contribution in [0, 0.1) is 0 Å². The van der Waals surface area contributed by atoms with Gasteiger partial charge < -0.3 is 0 Å². The van der Waals surface area contributed by atoms with Crippen molar-refractivity contribution in [1.82, 2.24) is 10.4 Å². The molecule has 3 nitrogen and oxygen atoms in total. The van der Waals surface area contributed by atoms with Crippen molar-refractivity contribution in [2.24, 2.45) is 5.84 Å². The molecule has 0 spiro atoms. The minimum Gasteiger partial charge on any atom is -0.271 e. The standard InChI is InChI=1S/C5H8ClN3S.2ClH/c6-5-9-4(3-10-5)1-2-8-7;;/h3,8H,1-2,7H2;2*1H. The first-order chi connectivity index (χ1) is 4.83. The highest BCUT2D eigenvalue weighted by atomic mass is 35.5. The Hall–Kier alpha value is 0.420. The van der Waals surface area contributed by atoms with Gasteiger partial charge in [-0.3, -0.25) is 11.3 Å². The SMILES string of the molecule is Cl.Cl.NNCCc1csc(Cl)n1. The van der Waals surface area contributed by atoms with Gasteiger partial charge in [0.2, 0.25) is 0 Å². The highest BCUT2D eigenvalue weighted by molar-refractivity contribution is 7.13. The van der Waals surface area contributed by atoms with Crippen molar-refractivity contribution in [3.8, 4) is 0 Å². The third kappa shape index (κ3) is 5.13. The summed E-state index contributed by atoms with van der Waals surface area (Å²) in [6, 6.07) is 0. The lowest BCUT2D eigenvalue weighted by Gasteiger charge is -1.92.